The van der Waals surface area contributed by atoms with E-state index in [1.54, 1.807) is 0 Å². The average molecular weight is 198 g/mol. The molecule has 0 amide bonds. The maximum absolute atomic E-state index is 8.98. The summed E-state index contributed by atoms with van der Waals surface area (Å²) in [5.41, 5.74) is 0. The van der Waals surface area contributed by atoms with Crippen molar-refractivity contribution in [1.82, 2.24) is 0 Å². The average Bonchev–Trinajstić information content (AvgIpc) is 1.86. The molecule has 0 saturated carbocycles. The van der Waals surface area contributed by atoms with Crippen LogP contribution >= 0.6 is 0 Å². The van der Waals surface area contributed by atoms with Gasteiger partial charge in [-0.1, -0.05) is 13.8 Å². The Morgan fingerprint density at radius 1 is 0.909 bits per heavy atom. The van der Waals surface area contributed by atoms with Gasteiger partial charge in [-0.15, -0.1) is 0 Å². The largest absolute Gasteiger partial charge is 0.487 e. The molecule has 0 aliphatic carbocycles. The van der Waals surface area contributed by atoms with E-state index in [1.165, 1.54) is 13.8 Å². The molecule has 0 aromatic carbocycles. The summed E-state index contributed by atoms with van der Waals surface area (Å²) >= 11 is 0. The van der Waals surface area contributed by atoms with Crippen molar-refractivity contribution in [2.75, 3.05) is 0 Å². The van der Waals surface area contributed by atoms with E-state index in [0.717, 1.165) is 0 Å². The second-order valence-electron chi connectivity index (χ2n) is 2.30. The first-order chi connectivity index (χ1) is 4.83. The number of hydrogen-bond acceptors (Lipinski definition) is 5. The van der Waals surface area contributed by atoms with E-state index in [-0.39, 0.29) is 12.1 Å². The van der Waals surface area contributed by atoms with Gasteiger partial charge in [-0.05, 0) is 0 Å². The van der Waals surface area contributed by atoms with Gasteiger partial charge in [0.15, 0.2) is 0 Å². The molecule has 0 radical (unpaired) electrons. The fourth-order valence-electron chi connectivity index (χ4n) is 0.406. The first-order valence-electron chi connectivity index (χ1n) is 3.42. The van der Waals surface area contributed by atoms with E-state index in [1.807, 2.05) is 0 Å². The molecule has 7 heteroatoms. The van der Waals surface area contributed by atoms with Crippen molar-refractivity contribution in [2.24, 2.45) is 0 Å². The lowest BCUT2D eigenvalue weighted by Gasteiger charge is -2.23. The van der Waals surface area contributed by atoms with Crippen molar-refractivity contribution in [1.29, 1.82) is 0 Å². The van der Waals surface area contributed by atoms with Crippen LogP contribution in [0.5, 0.6) is 0 Å². The van der Waals surface area contributed by atoms with Crippen molar-refractivity contribution in [3.05, 3.63) is 0 Å². The Labute approximate surface area is 67.6 Å². The van der Waals surface area contributed by atoms with Crippen LogP contribution < -0.4 is 0 Å². The second kappa shape index (κ2) is 3.76. The van der Waals surface area contributed by atoms with Crippen molar-refractivity contribution < 1.29 is 23.3 Å². The van der Waals surface area contributed by atoms with Crippen molar-refractivity contribution in [2.45, 2.75) is 25.9 Å². The molecule has 68 valence electrons. The Balaban J connectivity index is 4.02. The summed E-state index contributed by atoms with van der Waals surface area (Å²) in [4.78, 5) is 35.9. The SMILES string of the molecule is CC[Si](O)(O)O[Si](O)(O)CC. The Kier molecular flexibility index (Phi) is 3.84. The van der Waals surface area contributed by atoms with Crippen molar-refractivity contribution in [3.8, 4) is 0 Å². The van der Waals surface area contributed by atoms with Crippen LogP contribution in [-0.4, -0.2) is 36.8 Å². The smallest absolute Gasteiger partial charge is 0.390 e. The molecule has 0 atom stereocenters. The quantitative estimate of drug-likeness (QED) is 0.430. The highest BCUT2D eigenvalue weighted by atomic mass is 28.5. The van der Waals surface area contributed by atoms with Crippen LogP contribution in [0.1, 0.15) is 13.8 Å². The maximum Gasteiger partial charge on any atom is 0.487 e. The molecule has 0 heterocycles. The molecule has 0 saturated heterocycles. The molecular weight excluding hydrogens is 184 g/mol. The molecule has 0 aromatic rings. The molecular formula is C4H14O5Si2. The normalized spacial score (nSPS) is 13.6. The van der Waals surface area contributed by atoms with Gasteiger partial charge in [-0.25, -0.2) is 0 Å². The molecule has 0 aliphatic heterocycles. The van der Waals surface area contributed by atoms with E-state index in [2.05, 4.69) is 4.12 Å². The van der Waals surface area contributed by atoms with E-state index >= 15 is 0 Å². The minimum atomic E-state index is -3.77. The van der Waals surface area contributed by atoms with Gasteiger partial charge in [-0.3, -0.25) is 0 Å². The zero-order valence-electron chi connectivity index (χ0n) is 6.61. The van der Waals surface area contributed by atoms with Gasteiger partial charge in [0, 0.05) is 12.1 Å². The van der Waals surface area contributed by atoms with Crippen LogP contribution in [0.25, 0.3) is 0 Å². The minimum absolute atomic E-state index is 0.0306. The third-order valence-electron chi connectivity index (χ3n) is 1.25. The predicted molar refractivity (Wildman–Crippen MR) is 42.4 cm³/mol. The lowest BCUT2D eigenvalue weighted by atomic mass is 11.0. The van der Waals surface area contributed by atoms with Crippen LogP contribution in [-0.2, 0) is 4.12 Å². The minimum Gasteiger partial charge on any atom is -0.390 e. The monoisotopic (exact) mass is 198 g/mol. The van der Waals surface area contributed by atoms with Crippen LogP contribution in [0, 0.1) is 0 Å². The molecule has 0 rings (SSSR count). The van der Waals surface area contributed by atoms with Crippen LogP contribution in [0.3, 0.4) is 0 Å². The Morgan fingerprint density at radius 2 is 1.18 bits per heavy atom. The fraction of sp³-hybridized carbons (Fsp3) is 1.00. The highest BCUT2D eigenvalue weighted by Crippen LogP contribution is 2.11. The highest BCUT2D eigenvalue weighted by molar-refractivity contribution is 6.72. The van der Waals surface area contributed by atoms with E-state index in [9.17, 15) is 0 Å². The Morgan fingerprint density at radius 3 is 1.36 bits per heavy atom. The molecule has 5 nitrogen and oxygen atoms in total. The second-order valence-corrected chi connectivity index (χ2v) is 7.50. The standard InChI is InChI=1S/C4H14O5Si2/c1-3-10(5,6)9-11(7,8)4-2/h5-8H,3-4H2,1-2H3. The Hall–Kier alpha value is 0.234. The van der Waals surface area contributed by atoms with Gasteiger partial charge in [0.25, 0.3) is 0 Å². The van der Waals surface area contributed by atoms with Gasteiger partial charge in [0.05, 0.1) is 0 Å². The summed E-state index contributed by atoms with van der Waals surface area (Å²) in [6, 6.07) is 0.0613. The van der Waals surface area contributed by atoms with Gasteiger partial charge in [0.2, 0.25) is 0 Å². The Bertz CT molecular complexity index is 112. The fourth-order valence-corrected chi connectivity index (χ4v) is 3.66. The predicted octanol–water partition coefficient (Wildman–Crippen LogP) is -1.11. The third kappa shape index (κ3) is 4.64. The summed E-state index contributed by atoms with van der Waals surface area (Å²) in [6.07, 6.45) is 0. The van der Waals surface area contributed by atoms with E-state index < -0.39 is 17.6 Å². The van der Waals surface area contributed by atoms with Gasteiger partial charge >= 0.3 is 17.6 Å². The van der Waals surface area contributed by atoms with Crippen LogP contribution in [0.15, 0.2) is 0 Å². The highest BCUT2D eigenvalue weighted by Gasteiger charge is 2.42. The number of hydrogen-bond donors (Lipinski definition) is 4. The zero-order chi connectivity index (χ0) is 9.12. The van der Waals surface area contributed by atoms with Gasteiger partial charge in [0.1, 0.15) is 0 Å². The van der Waals surface area contributed by atoms with E-state index in [4.69, 9.17) is 19.2 Å². The lowest BCUT2D eigenvalue weighted by molar-refractivity contribution is 0.156. The van der Waals surface area contributed by atoms with E-state index in [0.29, 0.717) is 0 Å². The molecule has 0 aromatic heterocycles. The first-order valence-corrected chi connectivity index (χ1v) is 7.44. The summed E-state index contributed by atoms with van der Waals surface area (Å²) in [7, 11) is -7.54. The zero-order valence-corrected chi connectivity index (χ0v) is 8.61. The van der Waals surface area contributed by atoms with Crippen LogP contribution in [0.4, 0.5) is 0 Å². The molecule has 0 aliphatic rings. The molecule has 0 spiro atoms. The molecule has 0 bridgehead atoms. The van der Waals surface area contributed by atoms with Crippen molar-refractivity contribution in [3.63, 3.8) is 0 Å². The molecule has 0 unspecified atom stereocenters. The molecule has 0 fully saturated rings. The van der Waals surface area contributed by atoms with Gasteiger partial charge in [-0.2, -0.15) is 0 Å². The summed E-state index contributed by atoms with van der Waals surface area (Å²) in [6.45, 7) is 3.04. The first kappa shape index (κ1) is 11.2. The summed E-state index contributed by atoms with van der Waals surface area (Å²) < 4.78 is 4.42. The summed E-state index contributed by atoms with van der Waals surface area (Å²) in [5, 5.41) is 0. The maximum atomic E-state index is 8.98. The third-order valence-corrected chi connectivity index (χ3v) is 5.71. The topological polar surface area (TPSA) is 90.2 Å². The molecule has 4 N–H and O–H groups in total. The van der Waals surface area contributed by atoms with Gasteiger partial charge < -0.3 is 23.3 Å². The van der Waals surface area contributed by atoms with Crippen LogP contribution in [0.2, 0.25) is 12.1 Å². The summed E-state index contributed by atoms with van der Waals surface area (Å²) in [5.74, 6) is 0. The number of rotatable bonds is 4. The van der Waals surface area contributed by atoms with Crippen molar-refractivity contribution >= 4 is 17.6 Å². The molecule has 11 heavy (non-hydrogen) atoms. The lowest BCUT2D eigenvalue weighted by Crippen LogP contribution is -2.52.